The fourth-order valence-corrected chi connectivity index (χ4v) is 3.39. The van der Waals surface area contributed by atoms with Gasteiger partial charge in [-0.3, -0.25) is 15.1 Å². The Bertz CT molecular complexity index is 1010. The van der Waals surface area contributed by atoms with E-state index in [1.807, 2.05) is 6.21 Å². The zero-order chi connectivity index (χ0) is 19.6. The molecular formula is C22H23N3O2. The number of benzene rings is 2. The largest absolute Gasteiger partial charge is 0.317 e. The number of hydrogen-bond donors (Lipinski definition) is 0. The lowest BCUT2D eigenvalue weighted by molar-refractivity contribution is -0.384. The monoisotopic (exact) mass is 361 g/mol. The summed E-state index contributed by atoms with van der Waals surface area (Å²) in [5.41, 5.74) is 7.88. The zero-order valence-electron chi connectivity index (χ0n) is 16.1. The van der Waals surface area contributed by atoms with Crippen LogP contribution in [-0.4, -0.2) is 15.7 Å². The third-order valence-electron chi connectivity index (χ3n) is 4.81. The van der Waals surface area contributed by atoms with Gasteiger partial charge in [-0.2, -0.15) is 0 Å². The first-order valence-electron chi connectivity index (χ1n) is 8.98. The number of non-ortho nitro benzene ring substituents is 1. The lowest BCUT2D eigenvalue weighted by atomic mass is 10.1. The minimum atomic E-state index is -0.408. The summed E-state index contributed by atoms with van der Waals surface area (Å²) >= 11 is 0. The minimum absolute atomic E-state index is 0.0683. The molecule has 138 valence electrons. The molecule has 0 aliphatic heterocycles. The van der Waals surface area contributed by atoms with Gasteiger partial charge in [0, 0.05) is 35.3 Å². The molecule has 27 heavy (non-hydrogen) atoms. The van der Waals surface area contributed by atoms with E-state index in [1.165, 1.54) is 28.9 Å². The van der Waals surface area contributed by atoms with Crippen molar-refractivity contribution in [3.63, 3.8) is 0 Å². The molecule has 0 N–H and O–H groups in total. The third kappa shape index (κ3) is 3.67. The van der Waals surface area contributed by atoms with Gasteiger partial charge in [0.25, 0.3) is 5.69 Å². The van der Waals surface area contributed by atoms with E-state index in [0.29, 0.717) is 5.69 Å². The lowest BCUT2D eigenvalue weighted by Gasteiger charge is -2.17. The van der Waals surface area contributed by atoms with E-state index in [4.69, 9.17) is 0 Å². The molecule has 0 atom stereocenters. The number of aromatic nitrogens is 1. The van der Waals surface area contributed by atoms with Crippen molar-refractivity contribution < 1.29 is 4.92 Å². The molecule has 5 heteroatoms. The molecule has 0 aliphatic rings. The Morgan fingerprint density at radius 2 is 1.81 bits per heavy atom. The van der Waals surface area contributed by atoms with Crippen molar-refractivity contribution in [1.82, 2.24) is 4.57 Å². The van der Waals surface area contributed by atoms with Crippen molar-refractivity contribution in [2.75, 3.05) is 0 Å². The topological polar surface area (TPSA) is 60.4 Å². The SMILES string of the molecule is CCc1cccc(C)c1-n1c(C)cc(C=Nc2ccc([N+](=O)[O-])cc2)c1C. The zero-order valence-corrected chi connectivity index (χ0v) is 16.1. The quantitative estimate of drug-likeness (QED) is 0.336. The van der Waals surface area contributed by atoms with Crippen molar-refractivity contribution in [2.45, 2.75) is 34.1 Å². The predicted octanol–water partition coefficient (Wildman–Crippen LogP) is 5.62. The molecule has 1 aromatic heterocycles. The number of para-hydroxylation sites is 1. The Morgan fingerprint density at radius 1 is 1.11 bits per heavy atom. The number of nitro benzene ring substituents is 1. The van der Waals surface area contributed by atoms with Gasteiger partial charge in [-0.1, -0.05) is 25.1 Å². The number of aryl methyl sites for hydroxylation is 3. The summed E-state index contributed by atoms with van der Waals surface area (Å²) in [5, 5.41) is 10.8. The second-order valence-electron chi connectivity index (χ2n) is 6.63. The fraction of sp³-hybridized carbons (Fsp3) is 0.227. The standard InChI is InChI=1S/C22H23N3O2/c1-5-18-8-6-7-15(2)22(18)24-16(3)13-19(17(24)4)14-23-20-9-11-21(12-10-20)25(26)27/h6-14H,5H2,1-4H3. The molecule has 0 unspecified atom stereocenters. The minimum Gasteiger partial charge on any atom is -0.317 e. The summed E-state index contributed by atoms with van der Waals surface area (Å²) in [5.74, 6) is 0. The van der Waals surface area contributed by atoms with E-state index in [0.717, 1.165) is 23.4 Å². The molecule has 5 nitrogen and oxygen atoms in total. The van der Waals surface area contributed by atoms with Crippen LogP contribution in [0, 0.1) is 30.9 Å². The van der Waals surface area contributed by atoms with Crippen LogP contribution in [0.15, 0.2) is 53.5 Å². The first kappa shape index (κ1) is 18.6. The van der Waals surface area contributed by atoms with Gasteiger partial charge in [0.15, 0.2) is 0 Å². The second-order valence-corrected chi connectivity index (χ2v) is 6.63. The van der Waals surface area contributed by atoms with Crippen molar-refractivity contribution in [1.29, 1.82) is 0 Å². The van der Waals surface area contributed by atoms with E-state index in [1.54, 1.807) is 12.1 Å². The van der Waals surface area contributed by atoms with Crippen molar-refractivity contribution >= 4 is 17.6 Å². The fourth-order valence-electron chi connectivity index (χ4n) is 3.39. The summed E-state index contributed by atoms with van der Waals surface area (Å²) in [6.45, 7) is 8.50. The smallest absolute Gasteiger partial charge is 0.269 e. The maximum absolute atomic E-state index is 10.8. The van der Waals surface area contributed by atoms with E-state index in [9.17, 15) is 10.1 Å². The summed E-state index contributed by atoms with van der Waals surface area (Å²) in [4.78, 5) is 14.8. The highest BCUT2D eigenvalue weighted by molar-refractivity contribution is 5.84. The van der Waals surface area contributed by atoms with Gasteiger partial charge in [0.2, 0.25) is 0 Å². The van der Waals surface area contributed by atoms with Crippen molar-refractivity contribution in [2.24, 2.45) is 4.99 Å². The van der Waals surface area contributed by atoms with Gasteiger partial charge in [-0.25, -0.2) is 0 Å². The number of aliphatic imine (C=N–C) groups is 1. The van der Waals surface area contributed by atoms with Gasteiger partial charge in [-0.15, -0.1) is 0 Å². The van der Waals surface area contributed by atoms with Crippen molar-refractivity contribution in [3.8, 4) is 5.69 Å². The summed E-state index contributed by atoms with van der Waals surface area (Å²) in [6.07, 6.45) is 2.80. The number of nitrogens with zero attached hydrogens (tertiary/aromatic N) is 3. The van der Waals surface area contributed by atoms with Gasteiger partial charge in [0.1, 0.15) is 0 Å². The normalized spacial score (nSPS) is 11.3. The molecule has 0 radical (unpaired) electrons. The molecule has 2 aromatic carbocycles. The van der Waals surface area contributed by atoms with Gasteiger partial charge >= 0.3 is 0 Å². The van der Waals surface area contributed by atoms with Gasteiger partial charge in [0.05, 0.1) is 16.3 Å². The molecule has 0 saturated heterocycles. The van der Waals surface area contributed by atoms with Crippen molar-refractivity contribution in [3.05, 3.63) is 86.7 Å². The second kappa shape index (κ2) is 7.58. The van der Waals surface area contributed by atoms with Crippen LogP contribution in [0.1, 0.15) is 35.0 Å². The van der Waals surface area contributed by atoms with Crippen LogP contribution in [0.3, 0.4) is 0 Å². The van der Waals surface area contributed by atoms with Crippen LogP contribution >= 0.6 is 0 Å². The first-order chi connectivity index (χ1) is 12.9. The molecule has 0 amide bonds. The molecule has 0 bridgehead atoms. The van der Waals surface area contributed by atoms with Crippen LogP contribution in [-0.2, 0) is 6.42 Å². The molecule has 0 fully saturated rings. The third-order valence-corrected chi connectivity index (χ3v) is 4.81. The number of rotatable bonds is 5. The number of hydrogen-bond acceptors (Lipinski definition) is 3. The van der Waals surface area contributed by atoms with Crippen LogP contribution in [0.2, 0.25) is 0 Å². The highest BCUT2D eigenvalue weighted by atomic mass is 16.6. The van der Waals surface area contributed by atoms with Crippen LogP contribution < -0.4 is 0 Å². The highest BCUT2D eigenvalue weighted by Gasteiger charge is 2.14. The molecule has 1 heterocycles. The Labute approximate surface area is 159 Å². The number of nitro groups is 1. The maximum Gasteiger partial charge on any atom is 0.269 e. The van der Waals surface area contributed by atoms with Crippen LogP contribution in [0.25, 0.3) is 5.69 Å². The molecule has 3 aromatic rings. The van der Waals surface area contributed by atoms with Gasteiger partial charge in [-0.05, 0) is 56.5 Å². The Hall–Kier alpha value is -3.21. The van der Waals surface area contributed by atoms with Crippen LogP contribution in [0.5, 0.6) is 0 Å². The molecular weight excluding hydrogens is 338 g/mol. The summed E-state index contributed by atoms with van der Waals surface area (Å²) in [6, 6.07) is 14.8. The molecule has 0 saturated carbocycles. The predicted molar refractivity (Wildman–Crippen MR) is 110 cm³/mol. The Morgan fingerprint density at radius 3 is 2.44 bits per heavy atom. The van der Waals surface area contributed by atoms with Gasteiger partial charge < -0.3 is 4.57 Å². The lowest BCUT2D eigenvalue weighted by Crippen LogP contribution is -2.05. The van der Waals surface area contributed by atoms with E-state index in [2.05, 4.69) is 61.5 Å². The van der Waals surface area contributed by atoms with E-state index < -0.39 is 4.92 Å². The molecule has 0 spiro atoms. The maximum atomic E-state index is 10.8. The highest BCUT2D eigenvalue weighted by Crippen LogP contribution is 2.26. The molecule has 0 aliphatic carbocycles. The van der Waals surface area contributed by atoms with E-state index >= 15 is 0 Å². The first-order valence-corrected chi connectivity index (χ1v) is 8.98. The molecule has 3 rings (SSSR count). The summed E-state index contributed by atoms with van der Waals surface area (Å²) in [7, 11) is 0. The average Bonchev–Trinajstić information content (AvgIpc) is 2.93. The Kier molecular flexibility index (Phi) is 5.21. The van der Waals surface area contributed by atoms with E-state index in [-0.39, 0.29) is 5.69 Å². The van der Waals surface area contributed by atoms with Crippen LogP contribution in [0.4, 0.5) is 11.4 Å². The summed E-state index contributed by atoms with van der Waals surface area (Å²) < 4.78 is 2.28. The Balaban J connectivity index is 1.98. The average molecular weight is 361 g/mol.